The maximum absolute atomic E-state index is 12.3. The van der Waals surface area contributed by atoms with Crippen LogP contribution in [0.5, 0.6) is 0 Å². The fourth-order valence-electron chi connectivity index (χ4n) is 1.93. The zero-order chi connectivity index (χ0) is 13.2. The van der Waals surface area contributed by atoms with Gasteiger partial charge in [-0.15, -0.1) is 0 Å². The lowest BCUT2D eigenvalue weighted by Crippen LogP contribution is -2.89. The van der Waals surface area contributed by atoms with Gasteiger partial charge in [-0.05, 0) is 6.07 Å². The molecule has 2 rings (SSSR count). The van der Waals surface area contributed by atoms with Crippen molar-refractivity contribution >= 4 is 15.7 Å². The molecule has 1 heterocycles. The zero-order valence-electron chi connectivity index (χ0n) is 9.65. The summed E-state index contributed by atoms with van der Waals surface area (Å²) in [5, 5.41) is 12.9. The van der Waals surface area contributed by atoms with Crippen LogP contribution in [0, 0.1) is 10.1 Å². The van der Waals surface area contributed by atoms with Gasteiger partial charge in [0, 0.05) is 6.07 Å². The van der Waals surface area contributed by atoms with E-state index < -0.39 is 14.9 Å². The molecule has 8 heteroatoms. The van der Waals surface area contributed by atoms with E-state index in [0.29, 0.717) is 26.2 Å². The minimum absolute atomic E-state index is 0.225. The number of nitrogens with two attached hydrogens (primary N) is 1. The number of nitro benzene ring substituents is 1. The van der Waals surface area contributed by atoms with Gasteiger partial charge in [0.2, 0.25) is 10.0 Å². The average molecular weight is 272 g/mol. The van der Waals surface area contributed by atoms with Crippen molar-refractivity contribution in [2.45, 2.75) is 4.90 Å². The number of quaternary nitrogens is 1. The summed E-state index contributed by atoms with van der Waals surface area (Å²) >= 11 is 0. The van der Waals surface area contributed by atoms with E-state index in [0.717, 1.165) is 0 Å². The molecule has 1 aromatic carbocycles. The SMILES string of the molecule is O=[N+]([O-])c1ccccc1S(=O)(=O)N1CC[NH2+]CC1. The molecule has 2 N–H and O–H groups in total. The summed E-state index contributed by atoms with van der Waals surface area (Å²) in [6.45, 7) is 2.13. The normalized spacial score (nSPS) is 17.6. The maximum Gasteiger partial charge on any atom is 0.289 e. The molecule has 0 aliphatic carbocycles. The van der Waals surface area contributed by atoms with Crippen molar-refractivity contribution in [2.75, 3.05) is 26.2 Å². The third-order valence-corrected chi connectivity index (χ3v) is 4.79. The number of para-hydroxylation sites is 1. The first-order chi connectivity index (χ1) is 8.53. The van der Waals surface area contributed by atoms with Crippen molar-refractivity contribution in [2.24, 2.45) is 0 Å². The lowest BCUT2D eigenvalue weighted by atomic mass is 10.3. The molecule has 0 amide bonds. The van der Waals surface area contributed by atoms with Gasteiger partial charge in [-0.2, -0.15) is 4.31 Å². The van der Waals surface area contributed by atoms with Crippen LogP contribution >= 0.6 is 0 Å². The third-order valence-electron chi connectivity index (χ3n) is 2.85. The number of sulfonamides is 1. The summed E-state index contributed by atoms with van der Waals surface area (Å²) in [4.78, 5) is 9.98. The highest BCUT2D eigenvalue weighted by atomic mass is 32.2. The predicted octanol–water partition coefficient (Wildman–Crippen LogP) is -0.837. The first kappa shape index (κ1) is 12.9. The molecule has 18 heavy (non-hydrogen) atoms. The Morgan fingerprint density at radius 1 is 1.22 bits per heavy atom. The molecule has 0 bridgehead atoms. The van der Waals surface area contributed by atoms with E-state index >= 15 is 0 Å². The van der Waals surface area contributed by atoms with Crippen LogP contribution in [0.1, 0.15) is 0 Å². The number of piperazine rings is 1. The van der Waals surface area contributed by atoms with Crippen LogP contribution in [0.15, 0.2) is 29.2 Å². The van der Waals surface area contributed by atoms with Gasteiger partial charge in [0.05, 0.1) is 31.1 Å². The van der Waals surface area contributed by atoms with Gasteiger partial charge in [-0.3, -0.25) is 10.1 Å². The zero-order valence-corrected chi connectivity index (χ0v) is 10.5. The topological polar surface area (TPSA) is 97.1 Å². The Morgan fingerprint density at radius 3 is 2.44 bits per heavy atom. The molecule has 0 spiro atoms. The third kappa shape index (κ3) is 2.35. The van der Waals surface area contributed by atoms with E-state index in [1.54, 1.807) is 0 Å². The molecule has 0 saturated carbocycles. The van der Waals surface area contributed by atoms with Crippen molar-refractivity contribution in [1.82, 2.24) is 4.31 Å². The van der Waals surface area contributed by atoms with Crippen LogP contribution in [-0.2, 0) is 10.0 Å². The van der Waals surface area contributed by atoms with Crippen LogP contribution < -0.4 is 5.32 Å². The Labute approximate surface area is 105 Å². The van der Waals surface area contributed by atoms with Crippen molar-refractivity contribution in [3.63, 3.8) is 0 Å². The van der Waals surface area contributed by atoms with Gasteiger partial charge < -0.3 is 5.32 Å². The molecular formula is C10H14N3O4S+. The van der Waals surface area contributed by atoms with Crippen molar-refractivity contribution in [3.05, 3.63) is 34.4 Å². The van der Waals surface area contributed by atoms with E-state index in [-0.39, 0.29) is 10.6 Å². The Balaban J connectivity index is 2.43. The largest absolute Gasteiger partial charge is 0.344 e. The highest BCUT2D eigenvalue weighted by Crippen LogP contribution is 2.25. The summed E-state index contributed by atoms with van der Waals surface area (Å²) in [5.74, 6) is 0. The summed E-state index contributed by atoms with van der Waals surface area (Å²) in [5.41, 5.74) is -0.368. The van der Waals surface area contributed by atoms with E-state index in [4.69, 9.17) is 0 Å². The smallest absolute Gasteiger partial charge is 0.289 e. The minimum Gasteiger partial charge on any atom is -0.344 e. The summed E-state index contributed by atoms with van der Waals surface area (Å²) in [7, 11) is -3.77. The van der Waals surface area contributed by atoms with Crippen molar-refractivity contribution < 1.29 is 18.7 Å². The second kappa shape index (κ2) is 5.01. The standard InChI is InChI=1S/C10H13N3O4S/c14-13(15)9-3-1-2-4-10(9)18(16,17)12-7-5-11-6-8-12/h1-4,11H,5-8H2/p+1. The monoisotopic (exact) mass is 272 g/mol. The second-order valence-corrected chi connectivity index (χ2v) is 5.90. The van der Waals surface area contributed by atoms with Crippen LogP contribution in [0.25, 0.3) is 0 Å². The van der Waals surface area contributed by atoms with Gasteiger partial charge in [0.15, 0.2) is 4.90 Å². The highest BCUT2D eigenvalue weighted by Gasteiger charge is 2.32. The van der Waals surface area contributed by atoms with Gasteiger partial charge in [0.1, 0.15) is 0 Å². The van der Waals surface area contributed by atoms with E-state index in [1.165, 1.54) is 28.6 Å². The Hall–Kier alpha value is -1.51. The summed E-state index contributed by atoms with van der Waals surface area (Å²) in [6.07, 6.45) is 0. The predicted molar refractivity (Wildman–Crippen MR) is 63.5 cm³/mol. The molecule has 0 radical (unpaired) electrons. The second-order valence-electron chi connectivity index (χ2n) is 3.99. The molecule has 1 aliphatic heterocycles. The maximum atomic E-state index is 12.3. The highest BCUT2D eigenvalue weighted by molar-refractivity contribution is 7.89. The first-order valence-electron chi connectivity index (χ1n) is 5.59. The molecule has 0 unspecified atom stereocenters. The number of rotatable bonds is 3. The van der Waals surface area contributed by atoms with Crippen molar-refractivity contribution in [3.8, 4) is 0 Å². The lowest BCUT2D eigenvalue weighted by Gasteiger charge is -2.24. The molecule has 1 fully saturated rings. The molecule has 7 nitrogen and oxygen atoms in total. The van der Waals surface area contributed by atoms with Crippen LogP contribution in [-0.4, -0.2) is 43.8 Å². The molecule has 1 aliphatic rings. The summed E-state index contributed by atoms with van der Waals surface area (Å²) < 4.78 is 25.9. The minimum atomic E-state index is -3.77. The quantitative estimate of drug-likeness (QED) is 0.573. The van der Waals surface area contributed by atoms with Crippen LogP contribution in [0.4, 0.5) is 5.69 Å². The molecule has 1 aromatic rings. The lowest BCUT2D eigenvalue weighted by molar-refractivity contribution is -0.661. The number of nitro groups is 1. The van der Waals surface area contributed by atoms with Gasteiger partial charge in [-0.25, -0.2) is 8.42 Å². The van der Waals surface area contributed by atoms with E-state index in [2.05, 4.69) is 0 Å². The fourth-order valence-corrected chi connectivity index (χ4v) is 3.56. The fraction of sp³-hybridized carbons (Fsp3) is 0.400. The first-order valence-corrected chi connectivity index (χ1v) is 7.03. The summed E-state index contributed by atoms with van der Waals surface area (Å²) in [6, 6.07) is 5.45. The Bertz CT molecular complexity index is 552. The molecule has 0 aromatic heterocycles. The van der Waals surface area contributed by atoms with E-state index in [1.807, 2.05) is 5.32 Å². The molecule has 0 atom stereocenters. The van der Waals surface area contributed by atoms with Gasteiger partial charge in [0.25, 0.3) is 5.69 Å². The average Bonchev–Trinajstić information content (AvgIpc) is 2.39. The van der Waals surface area contributed by atoms with E-state index in [9.17, 15) is 18.5 Å². The van der Waals surface area contributed by atoms with Crippen molar-refractivity contribution in [1.29, 1.82) is 0 Å². The molecule has 1 saturated heterocycles. The molecular weight excluding hydrogens is 258 g/mol. The number of benzene rings is 1. The molecule has 98 valence electrons. The van der Waals surface area contributed by atoms with Gasteiger partial charge >= 0.3 is 0 Å². The number of nitrogens with zero attached hydrogens (tertiary/aromatic N) is 2. The van der Waals surface area contributed by atoms with Crippen LogP contribution in [0.2, 0.25) is 0 Å². The van der Waals surface area contributed by atoms with Crippen LogP contribution in [0.3, 0.4) is 0 Å². The Kier molecular flexibility index (Phi) is 3.60. The Morgan fingerprint density at radius 2 is 1.83 bits per heavy atom. The number of hydrogen-bond acceptors (Lipinski definition) is 4. The number of hydrogen-bond donors (Lipinski definition) is 1. The van der Waals surface area contributed by atoms with Gasteiger partial charge in [-0.1, -0.05) is 12.1 Å².